The molecule has 138 valence electrons. The quantitative estimate of drug-likeness (QED) is 0.747. The van der Waals surface area contributed by atoms with Crippen LogP contribution in [0.2, 0.25) is 5.02 Å². The average Bonchev–Trinajstić information content (AvgIpc) is 2.98. The number of hydrogen-bond donors (Lipinski definition) is 1. The Morgan fingerprint density at radius 3 is 2.73 bits per heavy atom. The van der Waals surface area contributed by atoms with Crippen LogP contribution >= 0.6 is 27.5 Å². The summed E-state index contributed by atoms with van der Waals surface area (Å²) in [5.41, 5.74) is 2.50. The molecule has 1 heterocycles. The maximum Gasteiger partial charge on any atom is 0.241 e. The monoisotopic (exact) mass is 456 g/mol. The predicted octanol–water partition coefficient (Wildman–Crippen LogP) is 3.53. The molecular formula is C18H18BrClN2O3S. The van der Waals surface area contributed by atoms with Gasteiger partial charge in [-0.1, -0.05) is 29.8 Å². The van der Waals surface area contributed by atoms with Crippen LogP contribution in [0.5, 0.6) is 0 Å². The molecule has 2 aromatic carbocycles. The molecule has 0 bridgehead atoms. The largest absolute Gasteiger partial charge is 0.312 e. The third kappa shape index (κ3) is 3.96. The first-order valence-electron chi connectivity index (χ1n) is 8.13. The molecule has 8 heteroatoms. The zero-order valence-electron chi connectivity index (χ0n) is 14.1. The van der Waals surface area contributed by atoms with Crippen LogP contribution < -0.4 is 9.62 Å². The number of rotatable bonds is 5. The van der Waals surface area contributed by atoms with Crippen molar-refractivity contribution in [1.82, 2.24) is 4.72 Å². The molecule has 0 atom stereocenters. The molecule has 5 nitrogen and oxygen atoms in total. The number of amides is 1. The molecule has 26 heavy (non-hydrogen) atoms. The number of sulfonamides is 1. The summed E-state index contributed by atoms with van der Waals surface area (Å²) in [5.74, 6) is -0.0962. The van der Waals surface area contributed by atoms with Crippen molar-refractivity contribution in [3.63, 3.8) is 0 Å². The highest BCUT2D eigenvalue weighted by Crippen LogP contribution is 2.35. The third-order valence-electron chi connectivity index (χ3n) is 4.34. The zero-order valence-corrected chi connectivity index (χ0v) is 17.3. The molecule has 3 rings (SSSR count). The van der Waals surface area contributed by atoms with Crippen molar-refractivity contribution < 1.29 is 13.2 Å². The predicted molar refractivity (Wildman–Crippen MR) is 106 cm³/mol. The molecule has 0 spiro atoms. The second-order valence-corrected chi connectivity index (χ2v) is 9.07. The SMILES string of the molecule is CC(=O)N1CCc2cc(Br)c(S(=O)(=O)NCCc3ccccc3Cl)cc21. The molecule has 1 N–H and O–H groups in total. The van der Waals surface area contributed by atoms with Gasteiger partial charge in [0.2, 0.25) is 15.9 Å². The van der Waals surface area contributed by atoms with Crippen molar-refractivity contribution >= 4 is 49.1 Å². The smallest absolute Gasteiger partial charge is 0.241 e. The molecule has 0 saturated heterocycles. The van der Waals surface area contributed by atoms with Gasteiger partial charge >= 0.3 is 0 Å². The minimum Gasteiger partial charge on any atom is -0.312 e. The van der Waals surface area contributed by atoms with Gasteiger partial charge < -0.3 is 4.90 Å². The second-order valence-electron chi connectivity index (χ2n) is 6.07. The number of carbonyl (C=O) groups excluding carboxylic acids is 1. The van der Waals surface area contributed by atoms with E-state index in [4.69, 9.17) is 11.6 Å². The fourth-order valence-corrected chi connectivity index (χ4v) is 5.39. The number of benzene rings is 2. The molecule has 0 unspecified atom stereocenters. The first-order chi connectivity index (χ1) is 12.3. The molecular weight excluding hydrogens is 440 g/mol. The lowest BCUT2D eigenvalue weighted by atomic mass is 10.1. The summed E-state index contributed by atoms with van der Waals surface area (Å²) in [7, 11) is -3.72. The summed E-state index contributed by atoms with van der Waals surface area (Å²) in [6.45, 7) is 2.28. The fourth-order valence-electron chi connectivity index (χ4n) is 3.02. The van der Waals surface area contributed by atoms with E-state index >= 15 is 0 Å². The van der Waals surface area contributed by atoms with Gasteiger partial charge in [-0.3, -0.25) is 4.79 Å². The van der Waals surface area contributed by atoms with Gasteiger partial charge in [-0.25, -0.2) is 13.1 Å². The summed E-state index contributed by atoms with van der Waals surface area (Å²) in [4.78, 5) is 13.5. The Kier molecular flexibility index (Phi) is 5.72. The maximum absolute atomic E-state index is 12.7. The van der Waals surface area contributed by atoms with Gasteiger partial charge in [0.25, 0.3) is 0 Å². The third-order valence-corrected chi connectivity index (χ3v) is 7.13. The van der Waals surface area contributed by atoms with Gasteiger partial charge in [0, 0.05) is 35.2 Å². The number of hydrogen-bond acceptors (Lipinski definition) is 3. The van der Waals surface area contributed by atoms with Crippen LogP contribution in [-0.2, 0) is 27.7 Å². The van der Waals surface area contributed by atoms with E-state index in [1.165, 1.54) is 6.92 Å². The highest BCUT2D eigenvalue weighted by Gasteiger charge is 2.27. The fraction of sp³-hybridized carbons (Fsp3) is 0.278. The summed E-state index contributed by atoms with van der Waals surface area (Å²) in [5, 5.41) is 0.613. The minimum atomic E-state index is -3.72. The summed E-state index contributed by atoms with van der Waals surface area (Å²) >= 11 is 9.45. The number of nitrogens with one attached hydrogen (secondary N) is 1. The molecule has 1 aliphatic heterocycles. The molecule has 2 aromatic rings. The second kappa shape index (κ2) is 7.68. The van der Waals surface area contributed by atoms with Gasteiger partial charge in [-0.15, -0.1) is 0 Å². The first-order valence-corrected chi connectivity index (χ1v) is 10.8. The van der Waals surface area contributed by atoms with Gasteiger partial charge in [0.15, 0.2) is 0 Å². The van der Waals surface area contributed by atoms with E-state index in [0.29, 0.717) is 34.6 Å². The Balaban J connectivity index is 1.80. The maximum atomic E-state index is 12.7. The number of anilines is 1. The number of nitrogens with zero attached hydrogens (tertiary/aromatic N) is 1. The molecule has 1 amide bonds. The van der Waals surface area contributed by atoms with Crippen molar-refractivity contribution in [2.75, 3.05) is 18.0 Å². The Labute approximate surface area is 166 Å². The van der Waals surface area contributed by atoms with Crippen LogP contribution in [0.3, 0.4) is 0 Å². The van der Waals surface area contributed by atoms with E-state index in [9.17, 15) is 13.2 Å². The molecule has 0 saturated carbocycles. The van der Waals surface area contributed by atoms with Crippen LogP contribution in [0.4, 0.5) is 5.69 Å². The molecule has 1 aliphatic rings. The lowest BCUT2D eigenvalue weighted by Gasteiger charge is -2.17. The standard InChI is InChI=1S/C18H18BrClN2O3S/c1-12(23)22-9-7-14-10-15(19)18(11-17(14)22)26(24,25)21-8-6-13-4-2-3-5-16(13)20/h2-5,10-11,21H,6-9H2,1H3. The Morgan fingerprint density at radius 1 is 1.31 bits per heavy atom. The van der Waals surface area contributed by atoms with Crippen molar-refractivity contribution in [3.05, 3.63) is 57.0 Å². The van der Waals surface area contributed by atoms with Gasteiger partial charge in [0.1, 0.15) is 0 Å². The molecule has 0 aliphatic carbocycles. The van der Waals surface area contributed by atoms with Crippen LogP contribution in [-0.4, -0.2) is 27.4 Å². The van der Waals surface area contributed by atoms with E-state index in [0.717, 1.165) is 11.1 Å². The van der Waals surface area contributed by atoms with E-state index in [2.05, 4.69) is 20.7 Å². The average molecular weight is 458 g/mol. The topological polar surface area (TPSA) is 66.5 Å². The van der Waals surface area contributed by atoms with Gasteiger partial charge in [0.05, 0.1) is 4.90 Å². The highest BCUT2D eigenvalue weighted by atomic mass is 79.9. The van der Waals surface area contributed by atoms with Crippen molar-refractivity contribution in [2.24, 2.45) is 0 Å². The number of carbonyl (C=O) groups is 1. The van der Waals surface area contributed by atoms with Crippen LogP contribution in [0.25, 0.3) is 0 Å². The normalized spacial score (nSPS) is 13.7. The summed E-state index contributed by atoms with van der Waals surface area (Å²) in [6, 6.07) is 10.7. The van der Waals surface area contributed by atoms with Crippen molar-refractivity contribution in [3.8, 4) is 0 Å². The van der Waals surface area contributed by atoms with E-state index in [1.807, 2.05) is 18.2 Å². The number of fused-ring (bicyclic) bond motifs is 1. The van der Waals surface area contributed by atoms with Gasteiger partial charge in [-0.05, 0) is 58.1 Å². The summed E-state index contributed by atoms with van der Waals surface area (Å²) < 4.78 is 28.6. The number of halogens is 2. The summed E-state index contributed by atoms with van der Waals surface area (Å²) in [6.07, 6.45) is 1.20. The minimum absolute atomic E-state index is 0.0962. The first kappa shape index (κ1) is 19.4. The van der Waals surface area contributed by atoms with Crippen LogP contribution in [0.1, 0.15) is 18.1 Å². The Bertz CT molecular complexity index is 963. The molecule has 0 aromatic heterocycles. The Morgan fingerprint density at radius 2 is 2.04 bits per heavy atom. The molecule has 0 fully saturated rings. The lowest BCUT2D eigenvalue weighted by molar-refractivity contribution is -0.116. The van der Waals surface area contributed by atoms with Gasteiger partial charge in [-0.2, -0.15) is 0 Å². The Hall–Kier alpha value is -1.41. The van der Waals surface area contributed by atoms with E-state index in [1.54, 1.807) is 23.1 Å². The van der Waals surface area contributed by atoms with Crippen LogP contribution in [0.15, 0.2) is 45.8 Å². The van der Waals surface area contributed by atoms with E-state index < -0.39 is 10.0 Å². The van der Waals surface area contributed by atoms with E-state index in [-0.39, 0.29) is 17.3 Å². The van der Waals surface area contributed by atoms with Crippen LogP contribution in [0, 0.1) is 0 Å². The molecule has 0 radical (unpaired) electrons. The zero-order chi connectivity index (χ0) is 18.9. The highest BCUT2D eigenvalue weighted by molar-refractivity contribution is 9.10. The lowest BCUT2D eigenvalue weighted by Crippen LogP contribution is -2.28. The van der Waals surface area contributed by atoms with Crippen molar-refractivity contribution in [2.45, 2.75) is 24.7 Å². The van der Waals surface area contributed by atoms with Crippen molar-refractivity contribution in [1.29, 1.82) is 0 Å².